The molecule has 2 heterocycles. The Morgan fingerprint density at radius 3 is 2.71 bits per heavy atom. The van der Waals surface area contributed by atoms with E-state index in [0.717, 1.165) is 45.2 Å². The van der Waals surface area contributed by atoms with Crippen molar-refractivity contribution in [1.82, 2.24) is 10.2 Å². The van der Waals surface area contributed by atoms with E-state index in [1.807, 2.05) is 11.8 Å². The van der Waals surface area contributed by atoms with Gasteiger partial charge in [-0.2, -0.15) is 0 Å². The number of ether oxygens (including phenoxy) is 2. The van der Waals surface area contributed by atoms with E-state index in [1.54, 1.807) is 0 Å². The molecule has 2 saturated heterocycles. The van der Waals surface area contributed by atoms with Crippen LogP contribution in [0.2, 0.25) is 0 Å². The largest absolute Gasteiger partial charge is 0.347 e. The Morgan fingerprint density at radius 2 is 2.10 bits per heavy atom. The summed E-state index contributed by atoms with van der Waals surface area (Å²) in [5, 5.41) is 3.17. The maximum Gasteiger partial charge on any atom is 0.317 e. The molecule has 122 valence electrons. The van der Waals surface area contributed by atoms with Crippen molar-refractivity contribution in [2.24, 2.45) is 5.92 Å². The second kappa shape index (κ2) is 7.45. The lowest BCUT2D eigenvalue weighted by molar-refractivity contribution is -0.189. The van der Waals surface area contributed by atoms with Gasteiger partial charge in [0.05, 0.1) is 13.2 Å². The van der Waals surface area contributed by atoms with Gasteiger partial charge < -0.3 is 19.7 Å². The summed E-state index contributed by atoms with van der Waals surface area (Å²) in [7, 11) is 0. The number of piperidine rings is 1. The van der Waals surface area contributed by atoms with Crippen LogP contribution in [0.4, 0.5) is 4.79 Å². The van der Waals surface area contributed by atoms with Crippen LogP contribution in [0.25, 0.3) is 0 Å². The van der Waals surface area contributed by atoms with Crippen LogP contribution in [0.3, 0.4) is 0 Å². The highest BCUT2D eigenvalue weighted by Crippen LogP contribution is 2.34. The highest BCUT2D eigenvalue weighted by atomic mass is 16.7. The van der Waals surface area contributed by atoms with Crippen LogP contribution in [-0.4, -0.2) is 49.1 Å². The summed E-state index contributed by atoms with van der Waals surface area (Å²) in [6, 6.07) is 0.360. The van der Waals surface area contributed by atoms with Gasteiger partial charge in [-0.05, 0) is 32.6 Å². The number of carbonyl (C=O) groups is 1. The quantitative estimate of drug-likeness (QED) is 0.849. The van der Waals surface area contributed by atoms with Crippen LogP contribution >= 0.6 is 0 Å². The summed E-state index contributed by atoms with van der Waals surface area (Å²) in [5.74, 6) is -0.238. The number of carbonyl (C=O) groups excluding carboxylic acids is 1. The zero-order valence-electron chi connectivity index (χ0n) is 13.7. The molecule has 0 unspecified atom stereocenters. The van der Waals surface area contributed by atoms with Crippen molar-refractivity contribution >= 4 is 6.03 Å². The molecule has 21 heavy (non-hydrogen) atoms. The Hall–Kier alpha value is -0.810. The predicted molar refractivity (Wildman–Crippen MR) is 82.1 cm³/mol. The van der Waals surface area contributed by atoms with Gasteiger partial charge in [0, 0.05) is 25.0 Å². The van der Waals surface area contributed by atoms with Gasteiger partial charge in [0.25, 0.3) is 0 Å². The van der Waals surface area contributed by atoms with E-state index in [2.05, 4.69) is 19.2 Å². The van der Waals surface area contributed by atoms with E-state index >= 15 is 0 Å². The number of likely N-dealkylation sites (tertiary alicyclic amines) is 1. The van der Waals surface area contributed by atoms with Crippen LogP contribution in [-0.2, 0) is 9.47 Å². The molecule has 5 nitrogen and oxygen atoms in total. The normalized spacial score (nSPS) is 26.6. The minimum Gasteiger partial charge on any atom is -0.347 e. The molecule has 5 heteroatoms. The first-order valence-electron chi connectivity index (χ1n) is 8.42. The highest BCUT2D eigenvalue weighted by Gasteiger charge is 2.42. The van der Waals surface area contributed by atoms with Crippen molar-refractivity contribution in [1.29, 1.82) is 0 Å². The van der Waals surface area contributed by atoms with E-state index < -0.39 is 5.79 Å². The molecule has 0 saturated carbocycles. The summed E-state index contributed by atoms with van der Waals surface area (Å²) < 4.78 is 11.5. The molecular weight excluding hydrogens is 268 g/mol. The second-order valence-electron chi connectivity index (χ2n) is 6.34. The average Bonchev–Trinajstić information content (AvgIpc) is 2.95. The van der Waals surface area contributed by atoms with Gasteiger partial charge in [-0.25, -0.2) is 4.79 Å². The van der Waals surface area contributed by atoms with Crippen molar-refractivity contribution < 1.29 is 14.3 Å². The highest BCUT2D eigenvalue weighted by molar-refractivity contribution is 5.74. The van der Waals surface area contributed by atoms with Crippen molar-refractivity contribution in [2.75, 3.05) is 26.3 Å². The Kier molecular flexibility index (Phi) is 5.88. The lowest BCUT2D eigenvalue weighted by Gasteiger charge is -2.40. The van der Waals surface area contributed by atoms with Crippen molar-refractivity contribution in [3.8, 4) is 0 Å². The third kappa shape index (κ3) is 4.10. The fourth-order valence-electron chi connectivity index (χ4n) is 3.35. The molecule has 1 N–H and O–H groups in total. The molecule has 2 rings (SSSR count). The average molecular weight is 298 g/mol. The Bertz CT molecular complexity index is 342. The van der Waals surface area contributed by atoms with E-state index in [4.69, 9.17) is 9.47 Å². The SMILES string of the molecule is CCC[C@@H](CC)NC(=O)N1CCC[C@H](C2(C)OCCO2)C1. The summed E-state index contributed by atoms with van der Waals surface area (Å²) in [5.41, 5.74) is 0. The summed E-state index contributed by atoms with van der Waals surface area (Å²) in [6.07, 6.45) is 5.21. The van der Waals surface area contributed by atoms with E-state index in [-0.39, 0.29) is 18.0 Å². The second-order valence-corrected chi connectivity index (χ2v) is 6.34. The maximum absolute atomic E-state index is 12.4. The van der Waals surface area contributed by atoms with Gasteiger partial charge in [-0.1, -0.05) is 20.3 Å². The number of nitrogens with zero attached hydrogens (tertiary/aromatic N) is 1. The number of hydrogen-bond acceptors (Lipinski definition) is 3. The Labute approximate surface area is 128 Å². The van der Waals surface area contributed by atoms with Gasteiger partial charge in [-0.15, -0.1) is 0 Å². The van der Waals surface area contributed by atoms with Crippen molar-refractivity contribution in [3.63, 3.8) is 0 Å². The molecule has 2 atom stereocenters. The van der Waals surface area contributed by atoms with E-state index in [9.17, 15) is 4.79 Å². The maximum atomic E-state index is 12.4. The number of amides is 2. The van der Waals surface area contributed by atoms with Crippen molar-refractivity contribution in [3.05, 3.63) is 0 Å². The zero-order valence-corrected chi connectivity index (χ0v) is 13.7. The summed E-state index contributed by atoms with van der Waals surface area (Å²) in [6.45, 7) is 9.17. The summed E-state index contributed by atoms with van der Waals surface area (Å²) >= 11 is 0. The number of rotatable bonds is 5. The first-order valence-corrected chi connectivity index (χ1v) is 8.42. The molecule has 0 aromatic carbocycles. The molecule has 0 aliphatic carbocycles. The van der Waals surface area contributed by atoms with Crippen LogP contribution in [0.1, 0.15) is 52.9 Å². The molecule has 0 spiro atoms. The molecule has 0 radical (unpaired) electrons. The minimum atomic E-state index is -0.507. The predicted octanol–water partition coefficient (Wildman–Crippen LogP) is 2.75. The van der Waals surface area contributed by atoms with Crippen LogP contribution in [0.5, 0.6) is 0 Å². The summed E-state index contributed by atoms with van der Waals surface area (Å²) in [4.78, 5) is 14.4. The lowest BCUT2D eigenvalue weighted by atomic mass is 9.90. The lowest BCUT2D eigenvalue weighted by Crippen LogP contribution is -2.52. The van der Waals surface area contributed by atoms with Gasteiger partial charge in [0.1, 0.15) is 0 Å². The minimum absolute atomic E-state index is 0.0709. The third-order valence-electron chi connectivity index (χ3n) is 4.77. The number of nitrogens with one attached hydrogen (secondary N) is 1. The van der Waals surface area contributed by atoms with Gasteiger partial charge in [-0.3, -0.25) is 0 Å². The number of hydrogen-bond donors (Lipinski definition) is 1. The fourth-order valence-corrected chi connectivity index (χ4v) is 3.35. The molecule has 2 fully saturated rings. The van der Waals surface area contributed by atoms with Crippen LogP contribution in [0.15, 0.2) is 0 Å². The molecule has 2 aliphatic heterocycles. The van der Waals surface area contributed by atoms with Crippen LogP contribution in [0, 0.1) is 5.92 Å². The third-order valence-corrected chi connectivity index (χ3v) is 4.77. The molecule has 0 aromatic rings. The topological polar surface area (TPSA) is 50.8 Å². The molecule has 0 aromatic heterocycles. The monoisotopic (exact) mass is 298 g/mol. The fraction of sp³-hybridized carbons (Fsp3) is 0.938. The standard InChI is InChI=1S/C16H30N2O3/c1-4-7-14(5-2)17-15(19)18-9-6-8-13(12-18)16(3)20-10-11-21-16/h13-14H,4-12H2,1-3H3,(H,17,19)/t13-,14+/m0/s1. The Balaban J connectivity index is 1.89. The van der Waals surface area contributed by atoms with Gasteiger partial charge in [0.15, 0.2) is 5.79 Å². The zero-order chi connectivity index (χ0) is 15.3. The van der Waals surface area contributed by atoms with E-state index in [0.29, 0.717) is 13.2 Å². The molecule has 2 aliphatic rings. The first-order chi connectivity index (χ1) is 10.1. The van der Waals surface area contributed by atoms with Crippen molar-refractivity contribution in [2.45, 2.75) is 64.7 Å². The smallest absolute Gasteiger partial charge is 0.317 e. The first kappa shape index (κ1) is 16.6. The molecular formula is C16H30N2O3. The Morgan fingerprint density at radius 1 is 1.38 bits per heavy atom. The molecule has 0 bridgehead atoms. The molecule has 2 amide bonds. The van der Waals surface area contributed by atoms with Gasteiger partial charge >= 0.3 is 6.03 Å². The van der Waals surface area contributed by atoms with Gasteiger partial charge in [0.2, 0.25) is 0 Å². The number of urea groups is 1. The van der Waals surface area contributed by atoms with E-state index in [1.165, 1.54) is 0 Å². The van der Waals surface area contributed by atoms with Crippen LogP contribution < -0.4 is 5.32 Å².